The first kappa shape index (κ1) is 26.8. The molecule has 41 heavy (non-hydrogen) atoms. The van der Waals surface area contributed by atoms with Gasteiger partial charge in [0.15, 0.2) is 16.9 Å². The van der Waals surface area contributed by atoms with E-state index in [4.69, 9.17) is 13.9 Å². The van der Waals surface area contributed by atoms with Crippen LogP contribution >= 0.6 is 15.9 Å². The highest BCUT2D eigenvalue weighted by molar-refractivity contribution is 9.10. The molecule has 7 heteroatoms. The van der Waals surface area contributed by atoms with Gasteiger partial charge in [-0.25, -0.2) is 0 Å². The lowest BCUT2D eigenvalue weighted by atomic mass is 9.97. The lowest BCUT2D eigenvalue weighted by Gasteiger charge is -2.26. The predicted octanol–water partition coefficient (Wildman–Crippen LogP) is 7.90. The molecule has 0 spiro atoms. The second-order valence-corrected chi connectivity index (χ2v) is 11.0. The van der Waals surface area contributed by atoms with Crippen molar-refractivity contribution in [3.63, 3.8) is 0 Å². The molecule has 5 aromatic rings. The van der Waals surface area contributed by atoms with Gasteiger partial charge < -0.3 is 13.9 Å². The lowest BCUT2D eigenvalue weighted by Crippen LogP contribution is -2.29. The van der Waals surface area contributed by atoms with Gasteiger partial charge in [0.25, 0.3) is 5.91 Å². The largest absolute Gasteiger partial charge is 0.490 e. The van der Waals surface area contributed by atoms with Crippen LogP contribution in [0, 0.1) is 13.8 Å². The van der Waals surface area contributed by atoms with Gasteiger partial charge in [0.05, 0.1) is 23.6 Å². The van der Waals surface area contributed by atoms with Crippen molar-refractivity contribution in [2.45, 2.75) is 33.4 Å². The summed E-state index contributed by atoms with van der Waals surface area (Å²) in [5, 5.41) is 0.408. The Morgan fingerprint density at radius 2 is 1.66 bits per heavy atom. The van der Waals surface area contributed by atoms with Crippen LogP contribution in [0.4, 0.5) is 5.69 Å². The molecule has 0 N–H and O–H groups in total. The number of rotatable bonds is 7. The molecule has 1 aliphatic rings. The number of carbonyl (C=O) groups excluding carboxylic acids is 1. The summed E-state index contributed by atoms with van der Waals surface area (Å²) in [6.45, 7) is 6.73. The summed E-state index contributed by atoms with van der Waals surface area (Å²) >= 11 is 3.46. The van der Waals surface area contributed by atoms with Crippen molar-refractivity contribution in [3.05, 3.63) is 133 Å². The number of hydrogen-bond donors (Lipinski definition) is 0. The van der Waals surface area contributed by atoms with Gasteiger partial charge in [-0.3, -0.25) is 14.5 Å². The maximum Gasteiger partial charge on any atom is 0.295 e. The third kappa shape index (κ3) is 4.91. The van der Waals surface area contributed by atoms with Gasteiger partial charge in [0, 0.05) is 10.2 Å². The number of ether oxygens (including phenoxy) is 2. The van der Waals surface area contributed by atoms with E-state index >= 15 is 0 Å². The first-order chi connectivity index (χ1) is 19.9. The fourth-order valence-electron chi connectivity index (χ4n) is 5.22. The Morgan fingerprint density at radius 3 is 2.41 bits per heavy atom. The zero-order valence-corrected chi connectivity index (χ0v) is 24.5. The summed E-state index contributed by atoms with van der Waals surface area (Å²) in [4.78, 5) is 29.7. The number of nitrogens with zero attached hydrogens (tertiary/aromatic N) is 1. The molecular weight excluding hydrogens is 582 g/mol. The molecule has 1 aliphatic heterocycles. The zero-order chi connectivity index (χ0) is 28.7. The highest BCUT2D eigenvalue weighted by Gasteiger charge is 2.44. The van der Waals surface area contributed by atoms with Crippen LogP contribution in [-0.4, -0.2) is 12.5 Å². The molecule has 0 saturated heterocycles. The van der Waals surface area contributed by atoms with Crippen LogP contribution in [0.5, 0.6) is 11.5 Å². The second-order valence-electron chi connectivity index (χ2n) is 10.1. The molecule has 0 saturated carbocycles. The quantitative estimate of drug-likeness (QED) is 0.187. The van der Waals surface area contributed by atoms with Gasteiger partial charge in [0.2, 0.25) is 5.76 Å². The van der Waals surface area contributed by atoms with Gasteiger partial charge in [0.1, 0.15) is 12.2 Å². The molecule has 1 atom stereocenters. The number of carbonyl (C=O) groups is 1. The van der Waals surface area contributed by atoms with Gasteiger partial charge in [-0.05, 0) is 85.5 Å². The van der Waals surface area contributed by atoms with E-state index in [2.05, 4.69) is 15.9 Å². The molecular formula is C34H28BrNO5. The van der Waals surface area contributed by atoms with Crippen molar-refractivity contribution < 1.29 is 18.7 Å². The molecule has 4 aromatic carbocycles. The van der Waals surface area contributed by atoms with E-state index in [1.54, 1.807) is 23.1 Å². The third-order valence-corrected chi connectivity index (χ3v) is 7.91. The standard InChI is InChI=1S/C34H28BrNO5/c1-4-39-29-17-23(11-14-28(29)40-19-22-8-6-5-7-9-22)31-30-32(37)26-18-24(35)12-15-27(26)41-33(30)34(38)36(31)25-13-10-20(2)21(3)16-25/h5-18,31H,4,19H2,1-3H3. The lowest BCUT2D eigenvalue weighted by molar-refractivity contribution is 0.0971. The minimum absolute atomic E-state index is 0.0513. The molecule has 1 unspecified atom stereocenters. The van der Waals surface area contributed by atoms with Crippen molar-refractivity contribution in [3.8, 4) is 11.5 Å². The number of anilines is 1. The van der Waals surface area contributed by atoms with Crippen molar-refractivity contribution in [2.75, 3.05) is 11.5 Å². The van der Waals surface area contributed by atoms with Crippen molar-refractivity contribution in [2.24, 2.45) is 0 Å². The summed E-state index contributed by atoms with van der Waals surface area (Å²) in [7, 11) is 0. The van der Waals surface area contributed by atoms with E-state index in [9.17, 15) is 9.59 Å². The molecule has 0 fully saturated rings. The van der Waals surface area contributed by atoms with Crippen LogP contribution < -0.4 is 19.8 Å². The summed E-state index contributed by atoms with van der Waals surface area (Å²) in [6.07, 6.45) is 0. The molecule has 206 valence electrons. The van der Waals surface area contributed by atoms with Crippen LogP contribution in [0.2, 0.25) is 0 Å². The fourth-order valence-corrected chi connectivity index (χ4v) is 5.58. The monoisotopic (exact) mass is 609 g/mol. The Hall–Kier alpha value is -4.36. The minimum atomic E-state index is -0.721. The molecule has 2 heterocycles. The number of benzene rings is 4. The highest BCUT2D eigenvalue weighted by atomic mass is 79.9. The maximum absolute atomic E-state index is 14.0. The highest BCUT2D eigenvalue weighted by Crippen LogP contribution is 2.44. The van der Waals surface area contributed by atoms with Crippen LogP contribution in [0.1, 0.15) is 51.3 Å². The Morgan fingerprint density at radius 1 is 0.854 bits per heavy atom. The first-order valence-corrected chi connectivity index (χ1v) is 14.3. The van der Waals surface area contributed by atoms with Crippen molar-refractivity contribution in [1.82, 2.24) is 0 Å². The Labute approximate surface area is 246 Å². The predicted molar refractivity (Wildman–Crippen MR) is 163 cm³/mol. The van der Waals surface area contributed by atoms with E-state index in [0.717, 1.165) is 21.2 Å². The van der Waals surface area contributed by atoms with Crippen molar-refractivity contribution >= 4 is 38.5 Å². The zero-order valence-electron chi connectivity index (χ0n) is 22.9. The van der Waals surface area contributed by atoms with E-state index in [1.165, 1.54) is 0 Å². The summed E-state index contributed by atoms with van der Waals surface area (Å²) in [5.41, 5.74) is 5.01. The molecule has 0 radical (unpaired) electrons. The van der Waals surface area contributed by atoms with Gasteiger partial charge in [-0.15, -0.1) is 0 Å². The van der Waals surface area contributed by atoms with E-state index in [1.807, 2.05) is 87.5 Å². The van der Waals surface area contributed by atoms with Gasteiger partial charge in [-0.1, -0.05) is 58.4 Å². The summed E-state index contributed by atoms with van der Waals surface area (Å²) in [5.74, 6) is 0.805. The van der Waals surface area contributed by atoms with Gasteiger partial charge >= 0.3 is 0 Å². The Balaban J connectivity index is 1.51. The number of hydrogen-bond acceptors (Lipinski definition) is 5. The van der Waals surface area contributed by atoms with Crippen LogP contribution in [-0.2, 0) is 6.61 Å². The van der Waals surface area contributed by atoms with E-state index in [-0.39, 0.29) is 17.1 Å². The SMILES string of the molecule is CCOc1cc(C2c3c(oc4ccc(Br)cc4c3=O)C(=O)N2c2ccc(C)c(C)c2)ccc1OCc1ccccc1. The maximum atomic E-state index is 14.0. The summed E-state index contributed by atoms with van der Waals surface area (Å²) < 4.78 is 19.0. The number of aryl methyl sites for hydroxylation is 2. The van der Waals surface area contributed by atoms with Crippen molar-refractivity contribution in [1.29, 1.82) is 0 Å². The third-order valence-electron chi connectivity index (χ3n) is 7.42. The molecule has 0 aliphatic carbocycles. The van der Waals surface area contributed by atoms with Crippen LogP contribution in [0.3, 0.4) is 0 Å². The van der Waals surface area contributed by atoms with E-state index < -0.39 is 6.04 Å². The van der Waals surface area contributed by atoms with Crippen LogP contribution in [0.15, 0.2) is 98.6 Å². The molecule has 6 rings (SSSR count). The molecule has 6 nitrogen and oxygen atoms in total. The normalized spacial score (nSPS) is 14.4. The number of halogens is 1. The smallest absolute Gasteiger partial charge is 0.295 e. The van der Waals surface area contributed by atoms with Crippen LogP contribution in [0.25, 0.3) is 11.0 Å². The second kappa shape index (κ2) is 10.9. The number of amides is 1. The molecule has 0 bridgehead atoms. The molecule has 1 aromatic heterocycles. The Bertz CT molecular complexity index is 1850. The fraction of sp³-hybridized carbons (Fsp3) is 0.176. The molecule has 1 amide bonds. The van der Waals surface area contributed by atoms with Gasteiger partial charge in [-0.2, -0.15) is 0 Å². The summed E-state index contributed by atoms with van der Waals surface area (Å²) in [6, 6.07) is 25.8. The first-order valence-electron chi connectivity index (χ1n) is 13.5. The van der Waals surface area contributed by atoms with E-state index in [0.29, 0.717) is 52.5 Å². The Kier molecular flexibility index (Phi) is 7.14. The minimum Gasteiger partial charge on any atom is -0.490 e. The topological polar surface area (TPSA) is 69.0 Å². The average molecular weight is 611 g/mol. The average Bonchev–Trinajstić information content (AvgIpc) is 3.27. The number of fused-ring (bicyclic) bond motifs is 2.